The Labute approximate surface area is 131 Å². The predicted octanol–water partition coefficient (Wildman–Crippen LogP) is 2.06. The molecule has 1 spiro atoms. The fourth-order valence-electron chi connectivity index (χ4n) is 3.26. The highest BCUT2D eigenvalue weighted by molar-refractivity contribution is 7.07. The molecule has 0 N–H and O–H groups in total. The van der Waals surface area contributed by atoms with Crippen molar-refractivity contribution in [1.29, 1.82) is 0 Å². The van der Waals surface area contributed by atoms with Gasteiger partial charge < -0.3 is 9.47 Å². The van der Waals surface area contributed by atoms with Gasteiger partial charge in [0, 0.05) is 38.8 Å². The van der Waals surface area contributed by atoms with Crippen LogP contribution in [0, 0.1) is 0 Å². The molecule has 0 radical (unpaired) electrons. The van der Waals surface area contributed by atoms with Crippen LogP contribution in [0.15, 0.2) is 16.8 Å². The number of hydrogen-bond donors (Lipinski definition) is 0. The molecule has 2 aliphatic heterocycles. The summed E-state index contributed by atoms with van der Waals surface area (Å²) in [4.78, 5) is 5.00. The summed E-state index contributed by atoms with van der Waals surface area (Å²) in [6, 6.07) is 2.76. The van der Waals surface area contributed by atoms with Crippen LogP contribution in [-0.2, 0) is 16.0 Å². The van der Waals surface area contributed by atoms with Gasteiger partial charge in [-0.05, 0) is 36.2 Å². The van der Waals surface area contributed by atoms with E-state index in [2.05, 4.69) is 40.5 Å². The summed E-state index contributed by atoms with van der Waals surface area (Å²) in [6.07, 6.45) is 0. The molecule has 21 heavy (non-hydrogen) atoms. The largest absolute Gasteiger partial charge is 0.377 e. The van der Waals surface area contributed by atoms with E-state index in [4.69, 9.17) is 9.47 Å². The van der Waals surface area contributed by atoms with Crippen LogP contribution in [-0.4, -0.2) is 67.4 Å². The second-order valence-electron chi connectivity index (χ2n) is 6.49. The lowest BCUT2D eigenvalue weighted by Crippen LogP contribution is -2.59. The van der Waals surface area contributed by atoms with Crippen LogP contribution in [0.2, 0.25) is 0 Å². The van der Waals surface area contributed by atoms with Gasteiger partial charge in [-0.15, -0.1) is 0 Å². The van der Waals surface area contributed by atoms with Gasteiger partial charge in [0.1, 0.15) is 5.60 Å². The molecule has 4 nitrogen and oxygen atoms in total. The van der Waals surface area contributed by atoms with Gasteiger partial charge >= 0.3 is 0 Å². The fourth-order valence-corrected chi connectivity index (χ4v) is 3.92. The summed E-state index contributed by atoms with van der Waals surface area (Å²) in [7, 11) is 0. The highest BCUT2D eigenvalue weighted by atomic mass is 32.1. The molecular formula is C16H26N2O2S. The summed E-state index contributed by atoms with van der Waals surface area (Å²) >= 11 is 1.77. The highest BCUT2D eigenvalue weighted by Crippen LogP contribution is 2.25. The maximum absolute atomic E-state index is 6.21. The minimum absolute atomic E-state index is 0.158. The molecule has 0 amide bonds. The molecule has 1 atom stereocenters. The molecule has 3 heterocycles. The van der Waals surface area contributed by atoms with E-state index in [0.29, 0.717) is 6.04 Å². The van der Waals surface area contributed by atoms with Gasteiger partial charge in [0.25, 0.3) is 0 Å². The number of ether oxygens (including phenoxy) is 2. The Balaban J connectivity index is 1.67. The summed E-state index contributed by atoms with van der Waals surface area (Å²) in [5, 5.41) is 4.40. The van der Waals surface area contributed by atoms with Crippen LogP contribution >= 0.6 is 11.3 Å². The SMILES string of the molecule is CC(C)N1CCOC[C@]2(CN(Cc3ccsc3)CCO2)C1. The van der Waals surface area contributed by atoms with Crippen molar-refractivity contribution < 1.29 is 9.47 Å². The lowest BCUT2D eigenvalue weighted by molar-refractivity contribution is -0.144. The van der Waals surface area contributed by atoms with E-state index in [9.17, 15) is 0 Å². The molecule has 5 heteroatoms. The van der Waals surface area contributed by atoms with E-state index in [1.54, 1.807) is 11.3 Å². The normalized spacial score (nSPS) is 29.1. The zero-order valence-electron chi connectivity index (χ0n) is 13.1. The van der Waals surface area contributed by atoms with Gasteiger partial charge in [-0.1, -0.05) is 0 Å². The highest BCUT2D eigenvalue weighted by Gasteiger charge is 2.40. The van der Waals surface area contributed by atoms with Gasteiger partial charge in [0.05, 0.1) is 19.8 Å². The quantitative estimate of drug-likeness (QED) is 0.853. The molecule has 0 aromatic carbocycles. The molecule has 0 bridgehead atoms. The van der Waals surface area contributed by atoms with E-state index in [1.807, 2.05) is 0 Å². The number of hydrogen-bond acceptors (Lipinski definition) is 5. The Hall–Kier alpha value is -0.460. The van der Waals surface area contributed by atoms with Crippen molar-refractivity contribution in [2.24, 2.45) is 0 Å². The Morgan fingerprint density at radius 1 is 1.29 bits per heavy atom. The lowest BCUT2D eigenvalue weighted by Gasteiger charge is -2.44. The van der Waals surface area contributed by atoms with E-state index in [0.717, 1.165) is 52.5 Å². The summed E-state index contributed by atoms with van der Waals surface area (Å²) in [5.41, 5.74) is 1.25. The second-order valence-corrected chi connectivity index (χ2v) is 7.27. The molecule has 3 rings (SSSR count). The van der Waals surface area contributed by atoms with Gasteiger partial charge in [-0.2, -0.15) is 11.3 Å². The standard InChI is InChI=1S/C16H26N2O2S/c1-14(2)18-5-6-19-13-16(12-18)11-17(4-7-20-16)9-15-3-8-21-10-15/h3,8,10,14H,4-7,9,11-13H2,1-2H3/t16-/m0/s1. The molecule has 1 aromatic heterocycles. The Bertz CT molecular complexity index is 437. The zero-order valence-corrected chi connectivity index (χ0v) is 13.9. The van der Waals surface area contributed by atoms with Crippen molar-refractivity contribution in [2.45, 2.75) is 32.0 Å². The van der Waals surface area contributed by atoms with Crippen LogP contribution in [0.4, 0.5) is 0 Å². The van der Waals surface area contributed by atoms with E-state index < -0.39 is 0 Å². The average molecular weight is 310 g/mol. The third kappa shape index (κ3) is 3.85. The van der Waals surface area contributed by atoms with Gasteiger partial charge in [0.2, 0.25) is 0 Å². The van der Waals surface area contributed by atoms with Crippen LogP contribution in [0.25, 0.3) is 0 Å². The molecular weight excluding hydrogens is 284 g/mol. The number of morpholine rings is 1. The first-order valence-electron chi connectivity index (χ1n) is 7.86. The Morgan fingerprint density at radius 3 is 2.95 bits per heavy atom. The van der Waals surface area contributed by atoms with E-state index in [-0.39, 0.29) is 5.60 Å². The van der Waals surface area contributed by atoms with Crippen LogP contribution < -0.4 is 0 Å². The van der Waals surface area contributed by atoms with Crippen LogP contribution in [0.5, 0.6) is 0 Å². The molecule has 0 saturated carbocycles. The molecule has 2 fully saturated rings. The Morgan fingerprint density at radius 2 is 2.19 bits per heavy atom. The average Bonchev–Trinajstić information content (AvgIpc) is 2.87. The van der Waals surface area contributed by atoms with Gasteiger partial charge in [0.15, 0.2) is 0 Å². The summed E-state index contributed by atoms with van der Waals surface area (Å²) < 4.78 is 12.1. The third-order valence-corrected chi connectivity index (χ3v) is 5.16. The molecule has 0 unspecified atom stereocenters. The molecule has 2 saturated heterocycles. The van der Waals surface area contributed by atoms with E-state index >= 15 is 0 Å². The smallest absolute Gasteiger partial charge is 0.117 e. The predicted molar refractivity (Wildman–Crippen MR) is 85.8 cm³/mol. The van der Waals surface area contributed by atoms with Crippen LogP contribution in [0.3, 0.4) is 0 Å². The number of nitrogens with zero attached hydrogens (tertiary/aromatic N) is 2. The van der Waals surface area contributed by atoms with Crippen molar-refractivity contribution in [3.63, 3.8) is 0 Å². The maximum atomic E-state index is 6.21. The lowest BCUT2D eigenvalue weighted by atomic mass is 10.0. The van der Waals surface area contributed by atoms with Gasteiger partial charge in [-0.25, -0.2) is 0 Å². The van der Waals surface area contributed by atoms with Crippen molar-refractivity contribution >= 4 is 11.3 Å². The van der Waals surface area contributed by atoms with Crippen LogP contribution in [0.1, 0.15) is 19.4 Å². The minimum atomic E-state index is -0.158. The molecule has 1 aromatic rings. The molecule has 118 valence electrons. The maximum Gasteiger partial charge on any atom is 0.117 e. The summed E-state index contributed by atoms with van der Waals surface area (Å²) in [5.74, 6) is 0. The first kappa shape index (κ1) is 15.4. The first-order valence-corrected chi connectivity index (χ1v) is 8.80. The zero-order chi connectivity index (χ0) is 14.7. The van der Waals surface area contributed by atoms with Gasteiger partial charge in [-0.3, -0.25) is 9.80 Å². The van der Waals surface area contributed by atoms with Crippen molar-refractivity contribution in [2.75, 3.05) is 46.0 Å². The Kier molecular flexibility index (Phi) is 4.96. The minimum Gasteiger partial charge on any atom is -0.377 e. The number of thiophene rings is 1. The third-order valence-electron chi connectivity index (χ3n) is 4.42. The first-order chi connectivity index (χ1) is 10.2. The fraction of sp³-hybridized carbons (Fsp3) is 0.750. The number of rotatable bonds is 3. The molecule has 0 aliphatic carbocycles. The van der Waals surface area contributed by atoms with Crippen molar-refractivity contribution in [3.05, 3.63) is 22.4 Å². The summed E-state index contributed by atoms with van der Waals surface area (Å²) in [6.45, 7) is 11.8. The van der Waals surface area contributed by atoms with Crippen molar-refractivity contribution in [3.8, 4) is 0 Å². The van der Waals surface area contributed by atoms with Crippen molar-refractivity contribution in [1.82, 2.24) is 9.80 Å². The monoisotopic (exact) mass is 310 g/mol. The molecule has 2 aliphatic rings. The van der Waals surface area contributed by atoms with E-state index in [1.165, 1.54) is 5.56 Å². The topological polar surface area (TPSA) is 24.9 Å². The second kappa shape index (κ2) is 6.75.